The number of hydrogen-bond acceptors (Lipinski definition) is 6. The van der Waals surface area contributed by atoms with Gasteiger partial charge in [0.15, 0.2) is 0 Å². The molecule has 106 valence electrons. The lowest BCUT2D eigenvalue weighted by Gasteiger charge is -1.99. The zero-order valence-electron chi connectivity index (χ0n) is 10.7. The zero-order valence-corrected chi connectivity index (χ0v) is 12.4. The van der Waals surface area contributed by atoms with Gasteiger partial charge >= 0.3 is 5.97 Å². The Bertz CT molecular complexity index is 736. The number of aromatic carboxylic acids is 1. The topological polar surface area (TPSA) is 76.2 Å². The normalized spacial score (nSPS) is 10.7. The molecule has 3 aromatic rings. The molecular weight excluding hydrogens is 308 g/mol. The molecule has 0 aliphatic carbocycles. The first-order valence-electron chi connectivity index (χ1n) is 6.05. The van der Waals surface area contributed by atoms with Gasteiger partial charge in [-0.25, -0.2) is 4.79 Å². The molecule has 0 bridgehead atoms. The number of hydrogen-bond donors (Lipinski definition) is 1. The molecule has 0 amide bonds. The van der Waals surface area contributed by atoms with E-state index in [-0.39, 0.29) is 5.56 Å². The third-order valence-electron chi connectivity index (χ3n) is 2.70. The number of carboxylic acids is 1. The number of aromatic nitrogens is 2. The summed E-state index contributed by atoms with van der Waals surface area (Å²) in [5.41, 5.74) is 1.28. The third kappa shape index (κ3) is 3.32. The van der Waals surface area contributed by atoms with Gasteiger partial charge in [-0.3, -0.25) is 0 Å². The van der Waals surface area contributed by atoms with Crippen molar-refractivity contribution in [2.75, 3.05) is 0 Å². The summed E-state index contributed by atoms with van der Waals surface area (Å²) in [6.45, 7) is 0. The first-order valence-corrected chi connectivity index (χ1v) is 7.91. The number of rotatable bonds is 5. The van der Waals surface area contributed by atoms with E-state index in [4.69, 9.17) is 9.52 Å². The SMILES string of the molecule is O=C(O)c1ccc(CSc2nnc(-c3cccs3)o2)cc1. The van der Waals surface area contributed by atoms with E-state index in [1.54, 1.807) is 35.6 Å². The number of thioether (sulfide) groups is 1. The van der Waals surface area contributed by atoms with E-state index < -0.39 is 5.97 Å². The molecule has 21 heavy (non-hydrogen) atoms. The number of carbonyl (C=O) groups is 1. The van der Waals surface area contributed by atoms with Crippen LogP contribution in [0.25, 0.3) is 10.8 Å². The van der Waals surface area contributed by atoms with Crippen LogP contribution in [0.1, 0.15) is 15.9 Å². The molecule has 0 saturated carbocycles. The van der Waals surface area contributed by atoms with Crippen molar-refractivity contribution in [3.05, 3.63) is 52.9 Å². The predicted molar refractivity (Wildman–Crippen MR) is 80.6 cm³/mol. The van der Waals surface area contributed by atoms with Gasteiger partial charge in [-0.05, 0) is 29.1 Å². The maximum atomic E-state index is 10.8. The molecule has 7 heteroatoms. The first-order chi connectivity index (χ1) is 10.2. The fourth-order valence-electron chi connectivity index (χ4n) is 1.66. The monoisotopic (exact) mass is 318 g/mol. The smallest absolute Gasteiger partial charge is 0.335 e. The molecule has 2 aromatic heterocycles. The Balaban J connectivity index is 1.64. The number of carboxylic acid groups (broad SMARTS) is 1. The largest absolute Gasteiger partial charge is 0.478 e. The average Bonchev–Trinajstić information content (AvgIpc) is 3.16. The molecular formula is C14H10N2O3S2. The Morgan fingerprint density at radius 1 is 1.24 bits per heavy atom. The molecule has 0 aliphatic rings. The van der Waals surface area contributed by atoms with Crippen LogP contribution in [0.4, 0.5) is 0 Å². The highest BCUT2D eigenvalue weighted by Crippen LogP contribution is 2.28. The van der Waals surface area contributed by atoms with E-state index in [1.807, 2.05) is 17.5 Å². The van der Waals surface area contributed by atoms with E-state index in [2.05, 4.69) is 10.2 Å². The van der Waals surface area contributed by atoms with Crippen LogP contribution in [-0.4, -0.2) is 21.3 Å². The van der Waals surface area contributed by atoms with Gasteiger partial charge in [0.1, 0.15) is 0 Å². The first kappa shape index (κ1) is 13.8. The van der Waals surface area contributed by atoms with Gasteiger partial charge in [-0.2, -0.15) is 0 Å². The highest BCUT2D eigenvalue weighted by molar-refractivity contribution is 7.98. The summed E-state index contributed by atoms with van der Waals surface area (Å²) < 4.78 is 5.57. The minimum Gasteiger partial charge on any atom is -0.478 e. The van der Waals surface area contributed by atoms with Crippen LogP contribution in [0.3, 0.4) is 0 Å². The summed E-state index contributed by atoms with van der Waals surface area (Å²) in [5, 5.41) is 19.3. The number of benzene rings is 1. The van der Waals surface area contributed by atoms with Crippen LogP contribution in [0.15, 0.2) is 51.4 Å². The molecule has 0 aliphatic heterocycles. The van der Waals surface area contributed by atoms with Gasteiger partial charge in [-0.15, -0.1) is 21.5 Å². The second-order valence-corrected chi connectivity index (χ2v) is 6.02. The fourth-order valence-corrected chi connectivity index (χ4v) is 3.02. The Labute approximate surface area is 128 Å². The third-order valence-corrected chi connectivity index (χ3v) is 4.45. The lowest BCUT2D eigenvalue weighted by Crippen LogP contribution is -1.95. The molecule has 0 spiro atoms. The van der Waals surface area contributed by atoms with E-state index in [9.17, 15) is 4.79 Å². The highest BCUT2D eigenvalue weighted by Gasteiger charge is 2.10. The van der Waals surface area contributed by atoms with Crippen molar-refractivity contribution in [2.45, 2.75) is 11.0 Å². The van der Waals surface area contributed by atoms with Crippen molar-refractivity contribution in [3.8, 4) is 10.8 Å². The van der Waals surface area contributed by atoms with Crippen LogP contribution in [0.2, 0.25) is 0 Å². The summed E-state index contributed by atoms with van der Waals surface area (Å²) in [5.74, 6) is 0.242. The van der Waals surface area contributed by atoms with Crippen molar-refractivity contribution in [2.24, 2.45) is 0 Å². The minimum absolute atomic E-state index is 0.279. The van der Waals surface area contributed by atoms with Crippen molar-refractivity contribution in [3.63, 3.8) is 0 Å². The maximum absolute atomic E-state index is 10.8. The molecule has 1 N–H and O–H groups in total. The lowest BCUT2D eigenvalue weighted by molar-refractivity contribution is 0.0697. The van der Waals surface area contributed by atoms with Crippen molar-refractivity contribution < 1.29 is 14.3 Å². The van der Waals surface area contributed by atoms with Crippen LogP contribution in [-0.2, 0) is 5.75 Å². The molecule has 0 fully saturated rings. The highest BCUT2D eigenvalue weighted by atomic mass is 32.2. The summed E-state index contributed by atoms with van der Waals surface area (Å²) in [4.78, 5) is 11.7. The van der Waals surface area contributed by atoms with Gasteiger partial charge in [-0.1, -0.05) is 30.0 Å². The van der Waals surface area contributed by atoms with Gasteiger partial charge in [0.05, 0.1) is 10.4 Å². The van der Waals surface area contributed by atoms with Crippen LogP contribution >= 0.6 is 23.1 Å². The van der Waals surface area contributed by atoms with Crippen LogP contribution in [0.5, 0.6) is 0 Å². The van der Waals surface area contributed by atoms with Gasteiger partial charge in [0, 0.05) is 5.75 Å². The lowest BCUT2D eigenvalue weighted by atomic mass is 10.1. The molecule has 3 rings (SSSR count). The second-order valence-electron chi connectivity index (χ2n) is 4.14. The Morgan fingerprint density at radius 2 is 2.05 bits per heavy atom. The summed E-state index contributed by atoms with van der Waals surface area (Å²) >= 11 is 2.97. The molecule has 0 radical (unpaired) electrons. The predicted octanol–water partition coefficient (Wildman–Crippen LogP) is 3.79. The van der Waals surface area contributed by atoms with E-state index in [0.717, 1.165) is 10.4 Å². The molecule has 0 unspecified atom stereocenters. The van der Waals surface area contributed by atoms with Crippen LogP contribution < -0.4 is 0 Å². The summed E-state index contributed by atoms with van der Waals surface area (Å²) in [6.07, 6.45) is 0. The molecule has 0 atom stereocenters. The Morgan fingerprint density at radius 3 is 2.71 bits per heavy atom. The van der Waals surface area contributed by atoms with Gasteiger partial charge in [0.2, 0.25) is 0 Å². The minimum atomic E-state index is -0.924. The standard InChI is InChI=1S/C14H10N2O3S2/c17-13(18)10-5-3-9(4-6-10)8-21-14-16-15-12(19-14)11-2-1-7-20-11/h1-7H,8H2,(H,17,18). The number of thiophene rings is 1. The maximum Gasteiger partial charge on any atom is 0.335 e. The Hall–Kier alpha value is -2.12. The quantitative estimate of drug-likeness (QED) is 0.721. The summed E-state index contributed by atoms with van der Waals surface area (Å²) in [6, 6.07) is 10.6. The van der Waals surface area contributed by atoms with E-state index >= 15 is 0 Å². The van der Waals surface area contributed by atoms with Gasteiger partial charge in [0.25, 0.3) is 11.1 Å². The molecule has 1 aromatic carbocycles. The Kier molecular flexibility index (Phi) is 4.03. The van der Waals surface area contributed by atoms with Crippen molar-refractivity contribution >= 4 is 29.1 Å². The van der Waals surface area contributed by atoms with E-state index in [0.29, 0.717) is 16.9 Å². The average molecular weight is 318 g/mol. The molecule has 5 nitrogen and oxygen atoms in total. The zero-order chi connectivity index (χ0) is 14.7. The number of nitrogens with zero attached hydrogens (tertiary/aromatic N) is 2. The second kappa shape index (κ2) is 6.11. The van der Waals surface area contributed by atoms with Crippen molar-refractivity contribution in [1.82, 2.24) is 10.2 Å². The molecule has 2 heterocycles. The van der Waals surface area contributed by atoms with Crippen molar-refractivity contribution in [1.29, 1.82) is 0 Å². The van der Waals surface area contributed by atoms with Gasteiger partial charge < -0.3 is 9.52 Å². The molecule has 0 saturated heterocycles. The van der Waals surface area contributed by atoms with E-state index in [1.165, 1.54) is 11.8 Å². The van der Waals surface area contributed by atoms with Crippen LogP contribution in [0, 0.1) is 0 Å². The fraction of sp³-hybridized carbons (Fsp3) is 0.0714. The summed E-state index contributed by atoms with van der Waals surface area (Å²) in [7, 11) is 0.